The normalized spacial score (nSPS) is 13.6. The fourth-order valence-corrected chi connectivity index (χ4v) is 5.72. The lowest BCUT2D eigenvalue weighted by Gasteiger charge is -2.19. The SMILES string of the molecule is COc1ccc(C=Cc2[o+]c3ccc(C)cc3c(C=C3C=C(C=Cc4ccccc4)Oc4ccccc43)c2-c2ccccc2)cc1. The lowest BCUT2D eigenvalue weighted by molar-refractivity contribution is 0.415. The Labute approximate surface area is 269 Å². The van der Waals surface area contributed by atoms with E-state index in [4.69, 9.17) is 13.9 Å². The molecule has 0 atom stereocenters. The minimum absolute atomic E-state index is 0.774. The molecule has 3 heteroatoms. The van der Waals surface area contributed by atoms with Crippen LogP contribution in [0.1, 0.15) is 33.6 Å². The number of fused-ring (bicyclic) bond motifs is 2. The molecule has 0 saturated heterocycles. The van der Waals surface area contributed by atoms with Crippen LogP contribution in [0.2, 0.25) is 0 Å². The maximum Gasteiger partial charge on any atom is 0.362 e. The zero-order valence-electron chi connectivity index (χ0n) is 25.8. The minimum atomic E-state index is 0.774. The largest absolute Gasteiger partial charge is 0.497 e. The summed E-state index contributed by atoms with van der Waals surface area (Å²) in [4.78, 5) is 0. The average molecular weight is 598 g/mol. The van der Waals surface area contributed by atoms with Crippen LogP contribution in [-0.2, 0) is 0 Å². The van der Waals surface area contributed by atoms with Crippen molar-refractivity contribution >= 4 is 40.8 Å². The third-order valence-electron chi connectivity index (χ3n) is 8.03. The van der Waals surface area contributed by atoms with Gasteiger partial charge < -0.3 is 9.47 Å². The summed E-state index contributed by atoms with van der Waals surface area (Å²) in [6.45, 7) is 2.12. The summed E-state index contributed by atoms with van der Waals surface area (Å²) in [5.74, 6) is 3.20. The van der Waals surface area contributed by atoms with Gasteiger partial charge in [0.05, 0.1) is 18.1 Å². The fraction of sp³-hybridized carbons (Fsp3) is 0.0465. The minimum Gasteiger partial charge on any atom is -0.497 e. The van der Waals surface area contributed by atoms with Gasteiger partial charge in [-0.15, -0.1) is 0 Å². The Morgan fingerprint density at radius 3 is 2.15 bits per heavy atom. The Kier molecular flexibility index (Phi) is 8.13. The van der Waals surface area contributed by atoms with E-state index in [9.17, 15) is 0 Å². The van der Waals surface area contributed by atoms with Crippen molar-refractivity contribution < 1.29 is 13.9 Å². The summed E-state index contributed by atoms with van der Waals surface area (Å²) in [5.41, 5.74) is 9.43. The Bertz CT molecular complexity index is 2140. The van der Waals surface area contributed by atoms with E-state index in [1.54, 1.807) is 7.11 Å². The zero-order valence-corrected chi connectivity index (χ0v) is 25.8. The van der Waals surface area contributed by atoms with Crippen molar-refractivity contribution in [3.8, 4) is 22.6 Å². The predicted octanol–water partition coefficient (Wildman–Crippen LogP) is 11.4. The first-order chi connectivity index (χ1) is 22.6. The van der Waals surface area contributed by atoms with E-state index < -0.39 is 0 Å². The van der Waals surface area contributed by atoms with E-state index in [1.165, 1.54) is 0 Å². The molecule has 222 valence electrons. The maximum absolute atomic E-state index is 6.68. The number of benzene rings is 5. The Hall–Kier alpha value is -5.93. The van der Waals surface area contributed by atoms with Gasteiger partial charge in [0.25, 0.3) is 0 Å². The number of aryl methyl sites for hydroxylation is 1. The second kappa shape index (κ2) is 13.0. The first-order valence-electron chi connectivity index (χ1n) is 15.4. The Balaban J connectivity index is 1.45. The summed E-state index contributed by atoms with van der Waals surface area (Å²) in [6, 6.07) is 43.3. The van der Waals surface area contributed by atoms with E-state index in [1.807, 2.05) is 66.7 Å². The third-order valence-corrected chi connectivity index (χ3v) is 8.03. The molecule has 0 unspecified atom stereocenters. The van der Waals surface area contributed by atoms with Crippen LogP contribution in [0, 0.1) is 6.92 Å². The average Bonchev–Trinajstić information content (AvgIpc) is 3.11. The molecule has 1 aromatic heterocycles. The molecule has 1 aliphatic rings. The van der Waals surface area contributed by atoms with Crippen LogP contribution in [-0.4, -0.2) is 7.11 Å². The lowest BCUT2D eigenvalue weighted by Crippen LogP contribution is -2.02. The zero-order chi connectivity index (χ0) is 31.3. The van der Waals surface area contributed by atoms with E-state index in [0.29, 0.717) is 0 Å². The number of hydrogen-bond acceptors (Lipinski definition) is 2. The summed E-state index contributed by atoms with van der Waals surface area (Å²) in [6.07, 6.45) is 12.7. The smallest absolute Gasteiger partial charge is 0.362 e. The second-order valence-corrected chi connectivity index (χ2v) is 11.2. The third kappa shape index (κ3) is 6.17. The number of methoxy groups -OCH3 is 1. The molecule has 6 aromatic rings. The fourth-order valence-electron chi connectivity index (χ4n) is 5.72. The van der Waals surface area contributed by atoms with Gasteiger partial charge in [0.15, 0.2) is 0 Å². The van der Waals surface area contributed by atoms with Gasteiger partial charge in [0.2, 0.25) is 0 Å². The van der Waals surface area contributed by atoms with Gasteiger partial charge in [-0.25, -0.2) is 4.42 Å². The van der Waals surface area contributed by atoms with Crippen molar-refractivity contribution in [1.29, 1.82) is 0 Å². The molecule has 1 aliphatic heterocycles. The first kappa shape index (κ1) is 28.8. The molecular formula is C43H33O3+. The molecule has 3 nitrogen and oxygen atoms in total. The van der Waals surface area contributed by atoms with Crippen molar-refractivity contribution in [2.45, 2.75) is 6.92 Å². The summed E-state index contributed by atoms with van der Waals surface area (Å²) in [7, 11) is 1.68. The maximum atomic E-state index is 6.68. The molecule has 0 bridgehead atoms. The lowest BCUT2D eigenvalue weighted by atomic mass is 9.91. The van der Waals surface area contributed by atoms with Gasteiger partial charge in [0, 0.05) is 23.3 Å². The number of rotatable bonds is 7. The van der Waals surface area contributed by atoms with Gasteiger partial charge >= 0.3 is 11.3 Å². The second-order valence-electron chi connectivity index (χ2n) is 11.2. The number of para-hydroxylation sites is 1. The van der Waals surface area contributed by atoms with Gasteiger partial charge in [-0.1, -0.05) is 97.1 Å². The van der Waals surface area contributed by atoms with Crippen LogP contribution in [0.3, 0.4) is 0 Å². The Morgan fingerprint density at radius 1 is 0.674 bits per heavy atom. The predicted molar refractivity (Wildman–Crippen MR) is 191 cm³/mol. The number of allylic oxidation sites excluding steroid dienone is 3. The molecule has 0 aliphatic carbocycles. The van der Waals surface area contributed by atoms with Crippen molar-refractivity contribution in [2.24, 2.45) is 0 Å². The van der Waals surface area contributed by atoms with Crippen LogP contribution < -0.4 is 9.47 Å². The molecule has 0 spiro atoms. The summed E-state index contributed by atoms with van der Waals surface area (Å²) in [5, 5.41) is 1.05. The van der Waals surface area contributed by atoms with Gasteiger partial charge in [0.1, 0.15) is 17.3 Å². The monoisotopic (exact) mass is 597 g/mol. The summed E-state index contributed by atoms with van der Waals surface area (Å²) < 4.78 is 18.4. The highest BCUT2D eigenvalue weighted by molar-refractivity contribution is 6.03. The van der Waals surface area contributed by atoms with Gasteiger partial charge in [-0.05, 0) is 89.4 Å². The first-order valence-corrected chi connectivity index (χ1v) is 15.4. The van der Waals surface area contributed by atoms with Crippen molar-refractivity contribution in [3.05, 3.63) is 179 Å². The quantitative estimate of drug-likeness (QED) is 0.172. The van der Waals surface area contributed by atoms with E-state index >= 15 is 0 Å². The van der Waals surface area contributed by atoms with Crippen molar-refractivity contribution in [2.75, 3.05) is 7.11 Å². The van der Waals surface area contributed by atoms with Crippen LogP contribution in [0.15, 0.2) is 150 Å². The molecule has 0 fully saturated rings. The Morgan fingerprint density at radius 2 is 1.37 bits per heavy atom. The standard InChI is InChI=1S/C43H33O3/c1-30-17-25-41-38(27-30)39(29-34-28-36(24-20-31-11-5-3-6-12-31)45-40-16-10-9-15-37(34)40)43(33-13-7-4-8-14-33)42(46-41)26-21-32-18-22-35(44-2)23-19-32/h3-29H,1-2H3/q+1. The van der Waals surface area contributed by atoms with E-state index in [0.717, 1.165) is 78.5 Å². The molecule has 0 N–H and O–H groups in total. The molecule has 46 heavy (non-hydrogen) atoms. The van der Waals surface area contributed by atoms with Crippen LogP contribution >= 0.6 is 0 Å². The molecule has 0 amide bonds. The number of ether oxygens (including phenoxy) is 2. The van der Waals surface area contributed by atoms with Crippen LogP contribution in [0.4, 0.5) is 0 Å². The molecule has 0 saturated carbocycles. The van der Waals surface area contributed by atoms with Crippen LogP contribution in [0.25, 0.3) is 52.0 Å². The van der Waals surface area contributed by atoms with E-state index in [-0.39, 0.29) is 0 Å². The molecule has 7 rings (SSSR count). The molecule has 2 heterocycles. The highest BCUT2D eigenvalue weighted by atomic mass is 16.5. The van der Waals surface area contributed by atoms with Gasteiger partial charge in [-0.2, -0.15) is 0 Å². The molecule has 0 radical (unpaired) electrons. The summed E-state index contributed by atoms with van der Waals surface area (Å²) >= 11 is 0. The molecule has 5 aromatic carbocycles. The highest BCUT2D eigenvalue weighted by Gasteiger charge is 2.26. The van der Waals surface area contributed by atoms with Gasteiger partial charge in [-0.3, -0.25) is 0 Å². The highest BCUT2D eigenvalue weighted by Crippen LogP contribution is 2.41. The topological polar surface area (TPSA) is 29.8 Å². The number of hydrogen-bond donors (Lipinski definition) is 0. The van der Waals surface area contributed by atoms with Crippen molar-refractivity contribution in [1.82, 2.24) is 0 Å². The van der Waals surface area contributed by atoms with Crippen LogP contribution in [0.5, 0.6) is 11.5 Å². The van der Waals surface area contributed by atoms with Crippen molar-refractivity contribution in [3.63, 3.8) is 0 Å². The molecular weight excluding hydrogens is 564 g/mol. The van der Waals surface area contributed by atoms with E-state index in [2.05, 4.69) is 104 Å².